The Morgan fingerprint density at radius 3 is 2.57 bits per heavy atom. The van der Waals surface area contributed by atoms with Crippen LogP contribution in [0.4, 0.5) is 0 Å². The smallest absolute Gasteiger partial charge is 0.255 e. The summed E-state index contributed by atoms with van der Waals surface area (Å²) in [5, 5.41) is 3.20. The van der Waals surface area contributed by atoms with Gasteiger partial charge in [-0.3, -0.25) is 4.79 Å². The summed E-state index contributed by atoms with van der Waals surface area (Å²) in [6.45, 7) is 0. The Kier molecular flexibility index (Phi) is 4.91. The fraction of sp³-hybridized carbons (Fsp3) is 0.316. The van der Waals surface area contributed by atoms with Crippen LogP contribution >= 0.6 is 11.8 Å². The molecule has 1 aliphatic carbocycles. The Hall–Kier alpha value is -1.94. The van der Waals surface area contributed by atoms with Crippen molar-refractivity contribution in [1.82, 2.24) is 5.32 Å². The molecule has 4 heteroatoms. The molecule has 1 aliphatic rings. The van der Waals surface area contributed by atoms with Gasteiger partial charge in [-0.25, -0.2) is 0 Å². The van der Waals surface area contributed by atoms with E-state index in [1.54, 1.807) is 18.9 Å². The third-order valence-corrected chi connectivity index (χ3v) is 4.92. The summed E-state index contributed by atoms with van der Waals surface area (Å²) in [5.74, 6) is 1.09. The standard InChI is InChI=1S/C19H21NO2S/c1-22-17-12-15(23-2)10-11-16(17)19(21)20-18(14-8-9-14)13-6-4-3-5-7-13/h3-7,10-12,14,18H,8-9H2,1-2H3,(H,20,21). The lowest BCUT2D eigenvalue weighted by molar-refractivity contribution is 0.0928. The van der Waals surface area contributed by atoms with Crippen LogP contribution in [0.3, 0.4) is 0 Å². The molecule has 3 rings (SSSR count). The highest BCUT2D eigenvalue weighted by Gasteiger charge is 2.33. The minimum atomic E-state index is -0.0738. The summed E-state index contributed by atoms with van der Waals surface area (Å²) in [5.41, 5.74) is 1.76. The van der Waals surface area contributed by atoms with Gasteiger partial charge in [0.05, 0.1) is 18.7 Å². The second-order valence-electron chi connectivity index (χ2n) is 5.77. The third-order valence-electron chi connectivity index (χ3n) is 4.19. The Labute approximate surface area is 141 Å². The quantitative estimate of drug-likeness (QED) is 0.804. The summed E-state index contributed by atoms with van der Waals surface area (Å²) in [4.78, 5) is 13.8. The second-order valence-corrected chi connectivity index (χ2v) is 6.65. The number of ether oxygens (including phenoxy) is 1. The zero-order chi connectivity index (χ0) is 16.2. The predicted octanol–water partition coefficient (Wildman–Crippen LogP) is 4.30. The van der Waals surface area contributed by atoms with Gasteiger partial charge in [-0.2, -0.15) is 0 Å². The normalized spacial score (nSPS) is 15.0. The van der Waals surface area contributed by atoms with Gasteiger partial charge in [0.2, 0.25) is 0 Å². The molecule has 0 aliphatic heterocycles. The topological polar surface area (TPSA) is 38.3 Å². The fourth-order valence-corrected chi connectivity index (χ4v) is 3.20. The molecule has 3 nitrogen and oxygen atoms in total. The zero-order valence-corrected chi connectivity index (χ0v) is 14.2. The monoisotopic (exact) mass is 327 g/mol. The van der Waals surface area contributed by atoms with E-state index in [4.69, 9.17) is 4.74 Å². The molecule has 1 saturated carbocycles. The van der Waals surface area contributed by atoms with E-state index in [2.05, 4.69) is 17.4 Å². The lowest BCUT2D eigenvalue weighted by Gasteiger charge is -2.20. The highest BCUT2D eigenvalue weighted by Crippen LogP contribution is 2.41. The van der Waals surface area contributed by atoms with Gasteiger partial charge in [0, 0.05) is 4.90 Å². The first-order valence-corrected chi connectivity index (χ1v) is 9.03. The van der Waals surface area contributed by atoms with Crippen LogP contribution in [-0.4, -0.2) is 19.3 Å². The van der Waals surface area contributed by atoms with Crippen molar-refractivity contribution in [2.24, 2.45) is 5.92 Å². The van der Waals surface area contributed by atoms with Gasteiger partial charge in [0.25, 0.3) is 5.91 Å². The average molecular weight is 327 g/mol. The van der Waals surface area contributed by atoms with Crippen LogP contribution < -0.4 is 10.1 Å². The zero-order valence-electron chi connectivity index (χ0n) is 13.4. The van der Waals surface area contributed by atoms with Crippen LogP contribution in [0.1, 0.15) is 34.8 Å². The highest BCUT2D eigenvalue weighted by atomic mass is 32.2. The molecular weight excluding hydrogens is 306 g/mol. The SMILES string of the molecule is COc1cc(SC)ccc1C(=O)NC(c1ccccc1)C1CC1. The van der Waals surface area contributed by atoms with Gasteiger partial charge in [0.15, 0.2) is 0 Å². The molecule has 1 fully saturated rings. The van der Waals surface area contributed by atoms with E-state index in [-0.39, 0.29) is 11.9 Å². The largest absolute Gasteiger partial charge is 0.496 e. The molecule has 2 aromatic carbocycles. The number of nitrogens with one attached hydrogen (secondary N) is 1. The molecule has 0 radical (unpaired) electrons. The minimum Gasteiger partial charge on any atom is -0.496 e. The van der Waals surface area contributed by atoms with E-state index >= 15 is 0 Å². The van der Waals surface area contributed by atoms with E-state index in [0.29, 0.717) is 17.2 Å². The van der Waals surface area contributed by atoms with Crippen LogP contribution in [0.25, 0.3) is 0 Å². The summed E-state index contributed by atoms with van der Waals surface area (Å²) >= 11 is 1.63. The third kappa shape index (κ3) is 3.70. The van der Waals surface area contributed by atoms with E-state index in [1.165, 1.54) is 18.4 Å². The number of methoxy groups -OCH3 is 1. The van der Waals surface area contributed by atoms with Crippen LogP contribution in [0.15, 0.2) is 53.4 Å². The lowest BCUT2D eigenvalue weighted by atomic mass is 10.0. The van der Waals surface area contributed by atoms with Crippen molar-refractivity contribution >= 4 is 17.7 Å². The van der Waals surface area contributed by atoms with Crippen molar-refractivity contribution in [1.29, 1.82) is 0 Å². The van der Waals surface area contributed by atoms with Gasteiger partial charge < -0.3 is 10.1 Å². The number of carbonyl (C=O) groups is 1. The van der Waals surface area contributed by atoms with Crippen LogP contribution in [0.5, 0.6) is 5.75 Å². The Morgan fingerprint density at radius 2 is 1.96 bits per heavy atom. The molecule has 120 valence electrons. The molecule has 23 heavy (non-hydrogen) atoms. The molecular formula is C19H21NO2S. The van der Waals surface area contributed by atoms with Crippen molar-refractivity contribution < 1.29 is 9.53 Å². The first kappa shape index (κ1) is 15.9. The van der Waals surface area contributed by atoms with Crippen LogP contribution in [0.2, 0.25) is 0 Å². The molecule has 1 unspecified atom stereocenters. The second kappa shape index (κ2) is 7.09. The molecule has 2 aromatic rings. The maximum absolute atomic E-state index is 12.7. The maximum Gasteiger partial charge on any atom is 0.255 e. The van der Waals surface area contributed by atoms with E-state index < -0.39 is 0 Å². The Bertz CT molecular complexity index is 683. The van der Waals surface area contributed by atoms with Crippen molar-refractivity contribution in [3.63, 3.8) is 0 Å². The fourth-order valence-electron chi connectivity index (χ4n) is 2.77. The molecule has 0 saturated heterocycles. The summed E-state index contributed by atoms with van der Waals surface area (Å²) in [6, 6.07) is 16.0. The number of hydrogen-bond acceptors (Lipinski definition) is 3. The number of amides is 1. The molecule has 0 bridgehead atoms. The van der Waals surface area contributed by atoms with Crippen molar-refractivity contribution in [2.45, 2.75) is 23.8 Å². The molecule has 1 amide bonds. The van der Waals surface area contributed by atoms with Gasteiger partial charge >= 0.3 is 0 Å². The first-order valence-electron chi connectivity index (χ1n) is 7.80. The number of benzene rings is 2. The summed E-state index contributed by atoms with van der Waals surface area (Å²) in [6.07, 6.45) is 4.35. The number of thioether (sulfide) groups is 1. The molecule has 0 heterocycles. The average Bonchev–Trinajstić information content (AvgIpc) is 3.44. The number of hydrogen-bond donors (Lipinski definition) is 1. The Morgan fingerprint density at radius 1 is 1.22 bits per heavy atom. The van der Waals surface area contributed by atoms with Gasteiger partial charge in [-0.1, -0.05) is 30.3 Å². The maximum atomic E-state index is 12.7. The number of rotatable bonds is 6. The first-order chi connectivity index (χ1) is 11.2. The van der Waals surface area contributed by atoms with Crippen molar-refractivity contribution in [3.05, 3.63) is 59.7 Å². The highest BCUT2D eigenvalue weighted by molar-refractivity contribution is 7.98. The van der Waals surface area contributed by atoms with Crippen molar-refractivity contribution in [2.75, 3.05) is 13.4 Å². The molecule has 1 N–H and O–H groups in total. The van der Waals surface area contributed by atoms with Crippen LogP contribution in [-0.2, 0) is 0 Å². The van der Waals surface area contributed by atoms with Crippen molar-refractivity contribution in [3.8, 4) is 5.75 Å². The predicted molar refractivity (Wildman–Crippen MR) is 94.1 cm³/mol. The van der Waals surface area contributed by atoms with Gasteiger partial charge in [-0.05, 0) is 48.8 Å². The molecule has 1 atom stereocenters. The van der Waals surface area contributed by atoms with Crippen LogP contribution in [0, 0.1) is 5.92 Å². The number of carbonyl (C=O) groups excluding carboxylic acids is 1. The molecule has 0 spiro atoms. The summed E-state index contributed by atoms with van der Waals surface area (Å²) < 4.78 is 5.40. The van der Waals surface area contributed by atoms with E-state index in [1.807, 2.05) is 42.7 Å². The molecule has 0 aromatic heterocycles. The van der Waals surface area contributed by atoms with E-state index in [9.17, 15) is 4.79 Å². The van der Waals surface area contributed by atoms with Gasteiger partial charge in [-0.15, -0.1) is 11.8 Å². The minimum absolute atomic E-state index is 0.0738. The van der Waals surface area contributed by atoms with Gasteiger partial charge in [0.1, 0.15) is 5.75 Å². The Balaban J connectivity index is 1.82. The van der Waals surface area contributed by atoms with E-state index in [0.717, 1.165) is 4.90 Å². The summed E-state index contributed by atoms with van der Waals surface area (Å²) in [7, 11) is 1.60. The lowest BCUT2D eigenvalue weighted by Crippen LogP contribution is -2.30.